The molecule has 1 atom stereocenters. The molecule has 1 saturated heterocycles. The highest BCUT2D eigenvalue weighted by Crippen LogP contribution is 2.16. The summed E-state index contributed by atoms with van der Waals surface area (Å²) in [6.45, 7) is 4.29. The second kappa shape index (κ2) is 6.55. The molecule has 0 bridgehead atoms. The molecule has 0 aliphatic carbocycles. The van der Waals surface area contributed by atoms with Gasteiger partial charge in [0.15, 0.2) is 0 Å². The first-order valence-corrected chi connectivity index (χ1v) is 6.87. The lowest BCUT2D eigenvalue weighted by atomic mass is 10.0. The van der Waals surface area contributed by atoms with Crippen molar-refractivity contribution in [3.05, 3.63) is 29.8 Å². The van der Waals surface area contributed by atoms with Crippen LogP contribution in [0.3, 0.4) is 0 Å². The highest BCUT2D eigenvalue weighted by Gasteiger charge is 2.15. The van der Waals surface area contributed by atoms with Crippen LogP contribution in [0.25, 0.3) is 0 Å². The van der Waals surface area contributed by atoms with Gasteiger partial charge in [0.05, 0.1) is 0 Å². The van der Waals surface area contributed by atoms with Gasteiger partial charge in [-0.3, -0.25) is 4.79 Å². The summed E-state index contributed by atoms with van der Waals surface area (Å²) in [6, 6.07) is 8.08. The molecular weight excluding hydrogens is 224 g/mol. The number of benzene rings is 1. The number of hydrogen-bond acceptors (Lipinski definition) is 2. The minimum Gasteiger partial charge on any atom is -0.326 e. The van der Waals surface area contributed by atoms with E-state index in [9.17, 15) is 4.79 Å². The molecule has 1 heterocycles. The largest absolute Gasteiger partial charge is 0.326 e. The van der Waals surface area contributed by atoms with Gasteiger partial charge in [-0.05, 0) is 56.0 Å². The number of rotatable bonds is 5. The molecule has 3 heteroatoms. The molecule has 0 saturated carbocycles. The minimum atomic E-state index is 0.134. The molecule has 1 fully saturated rings. The maximum Gasteiger partial charge on any atom is 0.224 e. The van der Waals surface area contributed by atoms with Crippen LogP contribution in [0, 0.1) is 5.92 Å². The van der Waals surface area contributed by atoms with Gasteiger partial charge < -0.3 is 10.6 Å². The van der Waals surface area contributed by atoms with E-state index in [-0.39, 0.29) is 5.91 Å². The Kier molecular flexibility index (Phi) is 4.76. The van der Waals surface area contributed by atoms with Gasteiger partial charge in [-0.1, -0.05) is 19.1 Å². The number of hydrogen-bond donors (Lipinski definition) is 2. The van der Waals surface area contributed by atoms with Crippen molar-refractivity contribution >= 4 is 11.6 Å². The fraction of sp³-hybridized carbons (Fsp3) is 0.533. The summed E-state index contributed by atoms with van der Waals surface area (Å²) >= 11 is 0. The van der Waals surface area contributed by atoms with E-state index in [2.05, 4.69) is 29.7 Å². The van der Waals surface area contributed by atoms with Crippen molar-refractivity contribution in [3.8, 4) is 0 Å². The molecule has 3 nitrogen and oxygen atoms in total. The maximum absolute atomic E-state index is 11.8. The Morgan fingerprint density at radius 3 is 3.11 bits per heavy atom. The molecule has 2 N–H and O–H groups in total. The lowest BCUT2D eigenvalue weighted by molar-refractivity contribution is -0.116. The predicted octanol–water partition coefficient (Wildman–Crippen LogP) is 2.58. The molecule has 1 aliphatic rings. The quantitative estimate of drug-likeness (QED) is 0.838. The molecule has 98 valence electrons. The highest BCUT2D eigenvalue weighted by molar-refractivity contribution is 5.90. The van der Waals surface area contributed by atoms with Crippen LogP contribution in [0.4, 0.5) is 5.69 Å². The topological polar surface area (TPSA) is 41.1 Å². The van der Waals surface area contributed by atoms with E-state index in [4.69, 9.17) is 0 Å². The van der Waals surface area contributed by atoms with Crippen LogP contribution in [-0.4, -0.2) is 19.0 Å². The van der Waals surface area contributed by atoms with Gasteiger partial charge >= 0.3 is 0 Å². The summed E-state index contributed by atoms with van der Waals surface area (Å²) in [5.74, 6) is 0.813. The molecule has 1 unspecified atom stereocenters. The zero-order chi connectivity index (χ0) is 12.8. The molecule has 1 aromatic carbocycles. The van der Waals surface area contributed by atoms with E-state index in [1.165, 1.54) is 12.0 Å². The molecule has 0 radical (unpaired) electrons. The number of nitrogens with one attached hydrogen (secondary N) is 2. The van der Waals surface area contributed by atoms with Gasteiger partial charge in [-0.15, -0.1) is 0 Å². The van der Waals surface area contributed by atoms with Crippen molar-refractivity contribution in [1.29, 1.82) is 0 Å². The van der Waals surface area contributed by atoms with Crippen molar-refractivity contribution < 1.29 is 4.79 Å². The Bertz CT molecular complexity index is 397. The third-order valence-electron chi connectivity index (χ3n) is 3.56. The van der Waals surface area contributed by atoms with E-state index in [0.717, 1.165) is 31.6 Å². The number of anilines is 1. The summed E-state index contributed by atoms with van der Waals surface area (Å²) in [5, 5.41) is 6.31. The van der Waals surface area contributed by atoms with Gasteiger partial charge in [0, 0.05) is 12.1 Å². The van der Waals surface area contributed by atoms with Crippen molar-refractivity contribution in [2.24, 2.45) is 5.92 Å². The van der Waals surface area contributed by atoms with Crippen LogP contribution in [-0.2, 0) is 11.2 Å². The monoisotopic (exact) mass is 246 g/mol. The predicted molar refractivity (Wildman–Crippen MR) is 74.7 cm³/mol. The zero-order valence-electron chi connectivity index (χ0n) is 11.0. The Hall–Kier alpha value is -1.35. The summed E-state index contributed by atoms with van der Waals surface area (Å²) in [7, 11) is 0. The number of aryl methyl sites for hydroxylation is 1. The van der Waals surface area contributed by atoms with E-state index in [0.29, 0.717) is 12.3 Å². The van der Waals surface area contributed by atoms with Crippen LogP contribution in [0.15, 0.2) is 24.3 Å². The smallest absolute Gasteiger partial charge is 0.224 e. The highest BCUT2D eigenvalue weighted by atomic mass is 16.1. The SMILES string of the molecule is CCc1cccc(NC(=O)CCC2CCNC2)c1. The third-order valence-corrected chi connectivity index (χ3v) is 3.56. The van der Waals surface area contributed by atoms with Crippen LogP contribution in [0.5, 0.6) is 0 Å². The van der Waals surface area contributed by atoms with Crippen LogP contribution in [0.2, 0.25) is 0 Å². The summed E-state index contributed by atoms with van der Waals surface area (Å²) in [6.07, 6.45) is 3.82. The Balaban J connectivity index is 1.78. The van der Waals surface area contributed by atoms with E-state index < -0.39 is 0 Å². The second-order valence-electron chi connectivity index (χ2n) is 5.00. The first kappa shape index (κ1) is 13.1. The average Bonchev–Trinajstić information content (AvgIpc) is 2.90. The van der Waals surface area contributed by atoms with Gasteiger partial charge in [-0.25, -0.2) is 0 Å². The number of carbonyl (C=O) groups excluding carboxylic acids is 1. The zero-order valence-corrected chi connectivity index (χ0v) is 11.0. The summed E-state index contributed by atoms with van der Waals surface area (Å²) in [5.41, 5.74) is 2.18. The fourth-order valence-electron chi connectivity index (χ4n) is 2.39. The average molecular weight is 246 g/mol. The summed E-state index contributed by atoms with van der Waals surface area (Å²) in [4.78, 5) is 11.8. The Labute approximate surface area is 109 Å². The summed E-state index contributed by atoms with van der Waals surface area (Å²) < 4.78 is 0. The first-order chi connectivity index (χ1) is 8.78. The normalized spacial score (nSPS) is 18.8. The molecule has 18 heavy (non-hydrogen) atoms. The van der Waals surface area contributed by atoms with Gasteiger partial charge in [0.1, 0.15) is 0 Å². The molecular formula is C15H22N2O. The Morgan fingerprint density at radius 1 is 1.50 bits per heavy atom. The van der Waals surface area contributed by atoms with E-state index >= 15 is 0 Å². The number of amides is 1. The van der Waals surface area contributed by atoms with Gasteiger partial charge in [0.25, 0.3) is 0 Å². The molecule has 0 aromatic heterocycles. The van der Waals surface area contributed by atoms with Crippen LogP contribution < -0.4 is 10.6 Å². The van der Waals surface area contributed by atoms with Crippen molar-refractivity contribution in [1.82, 2.24) is 5.32 Å². The standard InChI is InChI=1S/C15H22N2O/c1-2-12-4-3-5-14(10-12)17-15(18)7-6-13-8-9-16-11-13/h3-5,10,13,16H,2,6-9,11H2,1H3,(H,17,18). The van der Waals surface area contributed by atoms with Crippen LogP contribution >= 0.6 is 0 Å². The lowest BCUT2D eigenvalue weighted by Gasteiger charge is -2.09. The van der Waals surface area contributed by atoms with Crippen molar-refractivity contribution in [3.63, 3.8) is 0 Å². The molecule has 1 aliphatic heterocycles. The molecule has 1 aromatic rings. The third kappa shape index (κ3) is 3.84. The van der Waals surface area contributed by atoms with Crippen molar-refractivity contribution in [2.75, 3.05) is 18.4 Å². The molecule has 1 amide bonds. The second-order valence-corrected chi connectivity index (χ2v) is 5.00. The molecule has 0 spiro atoms. The lowest BCUT2D eigenvalue weighted by Crippen LogP contribution is -2.15. The van der Waals surface area contributed by atoms with Gasteiger partial charge in [-0.2, -0.15) is 0 Å². The van der Waals surface area contributed by atoms with E-state index in [1.807, 2.05) is 12.1 Å². The first-order valence-electron chi connectivity index (χ1n) is 6.87. The van der Waals surface area contributed by atoms with Crippen LogP contribution in [0.1, 0.15) is 31.7 Å². The maximum atomic E-state index is 11.8. The van der Waals surface area contributed by atoms with Gasteiger partial charge in [0.2, 0.25) is 5.91 Å². The minimum absolute atomic E-state index is 0.134. The fourth-order valence-corrected chi connectivity index (χ4v) is 2.39. The van der Waals surface area contributed by atoms with Crippen molar-refractivity contribution in [2.45, 2.75) is 32.6 Å². The number of carbonyl (C=O) groups is 1. The Morgan fingerprint density at radius 2 is 2.39 bits per heavy atom. The van der Waals surface area contributed by atoms with E-state index in [1.54, 1.807) is 0 Å². The molecule has 2 rings (SSSR count).